The molecule has 0 radical (unpaired) electrons. The first-order valence-electron chi connectivity index (χ1n) is 5.96. The second-order valence-corrected chi connectivity index (χ2v) is 5.18. The second-order valence-electron chi connectivity index (χ2n) is 4.15. The van der Waals surface area contributed by atoms with Crippen molar-refractivity contribution in [3.63, 3.8) is 0 Å². The van der Waals surface area contributed by atoms with Crippen LogP contribution < -0.4 is 10.6 Å². The van der Waals surface area contributed by atoms with Crippen LogP contribution in [0.25, 0.3) is 0 Å². The van der Waals surface area contributed by atoms with Crippen molar-refractivity contribution in [1.29, 1.82) is 0 Å². The summed E-state index contributed by atoms with van der Waals surface area (Å²) in [6.45, 7) is 0. The van der Waals surface area contributed by atoms with Gasteiger partial charge in [0.05, 0.1) is 13.2 Å². The fourth-order valence-electron chi connectivity index (χ4n) is 1.85. The van der Waals surface area contributed by atoms with Crippen LogP contribution in [-0.2, 0) is 14.3 Å². The number of carbonyl (C=O) groups excluding carboxylic acids is 2. The molecule has 102 valence electrons. The van der Waals surface area contributed by atoms with Gasteiger partial charge < -0.3 is 10.1 Å². The standard InChI is InChI=1S/C13H16N2O3S/c1-18-13(17)11(9-5-3-2-4-6-9)15-12(16)10-7-19-8-14-10/h2-6,10-11,14H,7-8H2,1H3,(H,15,16). The van der Waals surface area contributed by atoms with E-state index in [9.17, 15) is 9.59 Å². The molecule has 6 heteroatoms. The van der Waals surface area contributed by atoms with Crippen LogP contribution in [0.5, 0.6) is 0 Å². The molecule has 1 aliphatic rings. The molecule has 1 heterocycles. The molecule has 0 bridgehead atoms. The summed E-state index contributed by atoms with van der Waals surface area (Å²) >= 11 is 1.66. The highest BCUT2D eigenvalue weighted by atomic mass is 32.2. The molecule has 1 fully saturated rings. The molecule has 2 atom stereocenters. The largest absolute Gasteiger partial charge is 0.467 e. The van der Waals surface area contributed by atoms with Crippen LogP contribution in [-0.4, -0.2) is 36.7 Å². The van der Waals surface area contributed by atoms with E-state index in [-0.39, 0.29) is 11.9 Å². The lowest BCUT2D eigenvalue weighted by atomic mass is 10.1. The van der Waals surface area contributed by atoms with Crippen molar-refractivity contribution in [3.8, 4) is 0 Å². The summed E-state index contributed by atoms with van der Waals surface area (Å²) in [5.41, 5.74) is 0.716. The van der Waals surface area contributed by atoms with Crippen molar-refractivity contribution in [3.05, 3.63) is 35.9 Å². The summed E-state index contributed by atoms with van der Waals surface area (Å²) in [6.07, 6.45) is 0. The Balaban J connectivity index is 2.10. The number of methoxy groups -OCH3 is 1. The Labute approximate surface area is 116 Å². The molecule has 1 aliphatic heterocycles. The topological polar surface area (TPSA) is 67.4 Å². The third kappa shape index (κ3) is 3.48. The highest BCUT2D eigenvalue weighted by Crippen LogP contribution is 2.16. The Morgan fingerprint density at radius 1 is 1.42 bits per heavy atom. The van der Waals surface area contributed by atoms with E-state index in [1.165, 1.54) is 7.11 Å². The van der Waals surface area contributed by atoms with E-state index in [2.05, 4.69) is 10.6 Å². The number of carbonyl (C=O) groups is 2. The number of amides is 1. The van der Waals surface area contributed by atoms with Crippen molar-refractivity contribution in [2.45, 2.75) is 12.1 Å². The van der Waals surface area contributed by atoms with Crippen LogP contribution in [0.2, 0.25) is 0 Å². The van der Waals surface area contributed by atoms with Crippen LogP contribution in [0.15, 0.2) is 30.3 Å². The van der Waals surface area contributed by atoms with Gasteiger partial charge in [0, 0.05) is 11.6 Å². The normalized spacial score (nSPS) is 19.7. The van der Waals surface area contributed by atoms with Crippen LogP contribution in [0.4, 0.5) is 0 Å². The van der Waals surface area contributed by atoms with Gasteiger partial charge in [0.25, 0.3) is 0 Å². The summed E-state index contributed by atoms with van der Waals surface area (Å²) in [5, 5.41) is 5.81. The quantitative estimate of drug-likeness (QED) is 0.794. The lowest BCUT2D eigenvalue weighted by Crippen LogP contribution is -2.45. The zero-order valence-electron chi connectivity index (χ0n) is 10.6. The monoisotopic (exact) mass is 280 g/mol. The lowest BCUT2D eigenvalue weighted by molar-refractivity contribution is -0.145. The number of rotatable bonds is 4. The Morgan fingerprint density at radius 3 is 2.74 bits per heavy atom. The highest BCUT2D eigenvalue weighted by molar-refractivity contribution is 7.99. The lowest BCUT2D eigenvalue weighted by Gasteiger charge is -2.19. The summed E-state index contributed by atoms with van der Waals surface area (Å²) in [4.78, 5) is 23.9. The molecule has 0 aliphatic carbocycles. The van der Waals surface area contributed by atoms with Gasteiger partial charge in [-0.1, -0.05) is 30.3 Å². The van der Waals surface area contributed by atoms with Crippen LogP contribution in [0.1, 0.15) is 11.6 Å². The van der Waals surface area contributed by atoms with Gasteiger partial charge in [0.2, 0.25) is 5.91 Å². The zero-order valence-corrected chi connectivity index (χ0v) is 11.4. The van der Waals surface area contributed by atoms with Gasteiger partial charge in [-0.15, -0.1) is 11.8 Å². The highest BCUT2D eigenvalue weighted by Gasteiger charge is 2.28. The Kier molecular flexibility index (Phi) is 4.81. The van der Waals surface area contributed by atoms with E-state index >= 15 is 0 Å². The predicted molar refractivity (Wildman–Crippen MR) is 73.6 cm³/mol. The number of esters is 1. The average Bonchev–Trinajstić information content (AvgIpc) is 2.99. The van der Waals surface area contributed by atoms with Gasteiger partial charge in [-0.3, -0.25) is 10.1 Å². The fraction of sp³-hybridized carbons (Fsp3) is 0.385. The Morgan fingerprint density at radius 2 is 2.16 bits per heavy atom. The molecule has 5 nitrogen and oxygen atoms in total. The smallest absolute Gasteiger partial charge is 0.333 e. The molecule has 1 saturated heterocycles. The van der Waals surface area contributed by atoms with E-state index in [1.807, 2.05) is 18.2 Å². The second kappa shape index (κ2) is 6.58. The van der Waals surface area contributed by atoms with Crippen LogP contribution >= 0.6 is 11.8 Å². The molecule has 2 unspecified atom stereocenters. The molecule has 0 aromatic heterocycles. The maximum absolute atomic E-state index is 12.1. The van der Waals surface area contributed by atoms with Crippen molar-refractivity contribution in [2.75, 3.05) is 18.7 Å². The molecule has 1 aromatic carbocycles. The number of nitrogens with one attached hydrogen (secondary N) is 2. The molecule has 2 N–H and O–H groups in total. The van der Waals surface area contributed by atoms with Gasteiger partial charge in [-0.25, -0.2) is 4.79 Å². The zero-order chi connectivity index (χ0) is 13.7. The average molecular weight is 280 g/mol. The minimum Gasteiger partial charge on any atom is -0.467 e. The Bertz CT molecular complexity index is 446. The van der Waals surface area contributed by atoms with Crippen LogP contribution in [0, 0.1) is 0 Å². The first kappa shape index (κ1) is 13.9. The molecule has 19 heavy (non-hydrogen) atoms. The molecule has 0 saturated carbocycles. The molecule has 1 aromatic rings. The summed E-state index contributed by atoms with van der Waals surface area (Å²) < 4.78 is 4.75. The maximum Gasteiger partial charge on any atom is 0.333 e. The van der Waals surface area contributed by atoms with Crippen molar-refractivity contribution in [1.82, 2.24) is 10.6 Å². The van der Waals surface area contributed by atoms with E-state index < -0.39 is 12.0 Å². The number of ether oxygens (including phenoxy) is 1. The number of hydrogen-bond donors (Lipinski definition) is 2. The number of benzene rings is 1. The van der Waals surface area contributed by atoms with Crippen LogP contribution in [0.3, 0.4) is 0 Å². The molecule has 0 spiro atoms. The summed E-state index contributed by atoms with van der Waals surface area (Å²) in [7, 11) is 1.31. The number of hydrogen-bond acceptors (Lipinski definition) is 5. The SMILES string of the molecule is COC(=O)C(NC(=O)C1CSCN1)c1ccccc1. The van der Waals surface area contributed by atoms with Crippen molar-refractivity contribution in [2.24, 2.45) is 0 Å². The molecule has 2 rings (SSSR count). The van der Waals surface area contributed by atoms with Crippen molar-refractivity contribution >= 4 is 23.6 Å². The minimum atomic E-state index is -0.758. The van der Waals surface area contributed by atoms with E-state index in [4.69, 9.17) is 4.74 Å². The predicted octanol–water partition coefficient (Wildman–Crippen LogP) is 0.679. The fourth-order valence-corrected chi connectivity index (χ4v) is 2.79. The maximum atomic E-state index is 12.1. The Hall–Kier alpha value is -1.53. The molecule has 1 amide bonds. The van der Waals surface area contributed by atoms with Gasteiger partial charge in [-0.2, -0.15) is 0 Å². The van der Waals surface area contributed by atoms with E-state index in [1.54, 1.807) is 23.9 Å². The minimum absolute atomic E-state index is 0.177. The summed E-state index contributed by atoms with van der Waals surface area (Å²) in [6, 6.07) is 8.07. The van der Waals surface area contributed by atoms with Gasteiger partial charge in [0.1, 0.15) is 0 Å². The van der Waals surface area contributed by atoms with Crippen molar-refractivity contribution < 1.29 is 14.3 Å². The first-order chi connectivity index (χ1) is 9.22. The molecular formula is C13H16N2O3S. The third-order valence-corrected chi connectivity index (χ3v) is 3.83. The molecular weight excluding hydrogens is 264 g/mol. The van der Waals surface area contributed by atoms with Gasteiger partial charge in [-0.05, 0) is 5.56 Å². The van der Waals surface area contributed by atoms with Gasteiger partial charge in [0.15, 0.2) is 6.04 Å². The summed E-state index contributed by atoms with van der Waals surface area (Å²) in [5.74, 6) is 0.829. The first-order valence-corrected chi connectivity index (χ1v) is 7.12. The number of thioether (sulfide) groups is 1. The van der Waals surface area contributed by atoms with E-state index in [0.717, 1.165) is 5.88 Å². The van der Waals surface area contributed by atoms with Gasteiger partial charge >= 0.3 is 5.97 Å². The van der Waals surface area contributed by atoms with E-state index in [0.29, 0.717) is 11.3 Å². The third-order valence-electron chi connectivity index (χ3n) is 2.89.